The Hall–Kier alpha value is -2.45. The SMILES string of the molecule is CN1C(=O)[C@]2(CCCNC2)[C@H](c2ccccc2)C1C(=O)[C@@H](CCO)NC(=O)OC(C)(C)C. The van der Waals surface area contributed by atoms with Crippen LogP contribution in [0.3, 0.4) is 0 Å². The number of aliphatic hydroxyl groups is 1. The highest BCUT2D eigenvalue weighted by molar-refractivity contribution is 6.00. The number of hydrogen-bond acceptors (Lipinski definition) is 6. The molecule has 8 nitrogen and oxygen atoms in total. The fraction of sp³-hybridized carbons (Fsp3) is 0.625. The van der Waals surface area contributed by atoms with Gasteiger partial charge in [0.1, 0.15) is 11.6 Å². The summed E-state index contributed by atoms with van der Waals surface area (Å²) in [5.41, 5.74) is -0.515. The van der Waals surface area contributed by atoms with Crippen molar-refractivity contribution in [1.82, 2.24) is 15.5 Å². The van der Waals surface area contributed by atoms with Gasteiger partial charge >= 0.3 is 6.09 Å². The van der Waals surface area contributed by atoms with Crippen LogP contribution < -0.4 is 10.6 Å². The minimum Gasteiger partial charge on any atom is -0.444 e. The number of ketones is 1. The molecule has 1 aromatic carbocycles. The van der Waals surface area contributed by atoms with Crippen LogP contribution in [0.15, 0.2) is 30.3 Å². The van der Waals surface area contributed by atoms with Gasteiger partial charge in [0, 0.05) is 26.1 Å². The summed E-state index contributed by atoms with van der Waals surface area (Å²) in [7, 11) is 1.66. The lowest BCUT2D eigenvalue weighted by Gasteiger charge is -2.38. The maximum atomic E-state index is 13.8. The topological polar surface area (TPSA) is 108 Å². The third-order valence-electron chi connectivity index (χ3n) is 6.39. The summed E-state index contributed by atoms with van der Waals surface area (Å²) in [5, 5.41) is 15.6. The third kappa shape index (κ3) is 4.81. The number of Topliss-reactive ketones (excluding diaryl/α,β-unsaturated/α-hetero) is 1. The lowest BCUT2D eigenvalue weighted by molar-refractivity contribution is -0.138. The van der Waals surface area contributed by atoms with Crippen LogP contribution in [0.4, 0.5) is 4.79 Å². The van der Waals surface area contributed by atoms with Crippen LogP contribution >= 0.6 is 0 Å². The number of aliphatic hydroxyl groups excluding tert-OH is 1. The number of benzene rings is 1. The minimum atomic E-state index is -0.965. The van der Waals surface area contributed by atoms with Gasteiger partial charge in [-0.15, -0.1) is 0 Å². The summed E-state index contributed by atoms with van der Waals surface area (Å²) >= 11 is 0. The zero-order chi connectivity index (χ0) is 23.5. The second-order valence-corrected chi connectivity index (χ2v) is 9.80. The van der Waals surface area contributed by atoms with E-state index in [1.165, 1.54) is 4.90 Å². The molecule has 0 bridgehead atoms. The Morgan fingerprint density at radius 2 is 2.00 bits per heavy atom. The van der Waals surface area contributed by atoms with E-state index in [0.717, 1.165) is 18.5 Å². The number of nitrogens with zero attached hydrogens (tertiary/aromatic N) is 1. The average Bonchev–Trinajstić information content (AvgIpc) is 2.94. The standard InChI is InChI=1S/C24H35N3O5/c1-23(2,3)32-22(31)26-17(11-14-28)20(29)19-18(16-9-6-5-7-10-16)24(21(30)27(19)4)12-8-13-25-15-24/h5-7,9-10,17-19,25,28H,8,11-15H2,1-4H3,(H,26,31)/t17-,18-,19?,24+/m1/s1. The van der Waals surface area contributed by atoms with E-state index in [1.807, 2.05) is 30.3 Å². The average molecular weight is 446 g/mol. The Balaban J connectivity index is 1.97. The first kappa shape index (κ1) is 24.2. The molecule has 2 fully saturated rings. The van der Waals surface area contributed by atoms with Crippen molar-refractivity contribution in [2.45, 2.75) is 63.6 Å². The number of likely N-dealkylation sites (N-methyl/N-ethyl adjacent to an activating group) is 1. The largest absolute Gasteiger partial charge is 0.444 e. The van der Waals surface area contributed by atoms with E-state index < -0.39 is 29.2 Å². The van der Waals surface area contributed by atoms with Gasteiger partial charge in [0.05, 0.1) is 11.5 Å². The molecule has 1 unspecified atom stereocenters. The molecule has 2 heterocycles. The molecule has 2 amide bonds. The number of carbonyl (C=O) groups is 3. The van der Waals surface area contributed by atoms with Crippen molar-refractivity contribution in [3.05, 3.63) is 35.9 Å². The summed E-state index contributed by atoms with van der Waals surface area (Å²) in [5.74, 6) is -0.711. The molecule has 0 aliphatic carbocycles. The Morgan fingerprint density at radius 1 is 1.31 bits per heavy atom. The number of alkyl carbamates (subject to hydrolysis) is 1. The summed E-state index contributed by atoms with van der Waals surface area (Å²) in [6.45, 7) is 6.29. The van der Waals surface area contributed by atoms with Crippen molar-refractivity contribution in [2.75, 3.05) is 26.7 Å². The van der Waals surface area contributed by atoms with Crippen LogP contribution in [0.5, 0.6) is 0 Å². The molecule has 0 aromatic heterocycles. The molecule has 0 saturated carbocycles. The number of rotatable bonds is 6. The second-order valence-electron chi connectivity index (χ2n) is 9.80. The molecule has 1 aromatic rings. The first-order valence-electron chi connectivity index (χ1n) is 11.3. The van der Waals surface area contributed by atoms with Crippen LogP contribution in [-0.4, -0.2) is 72.2 Å². The molecule has 1 spiro atoms. The summed E-state index contributed by atoms with van der Waals surface area (Å²) in [6, 6.07) is 7.92. The van der Waals surface area contributed by atoms with Gasteiger partial charge in [-0.05, 0) is 52.1 Å². The van der Waals surface area contributed by atoms with E-state index in [4.69, 9.17) is 4.74 Å². The van der Waals surface area contributed by atoms with E-state index in [2.05, 4.69) is 10.6 Å². The zero-order valence-corrected chi connectivity index (χ0v) is 19.4. The maximum Gasteiger partial charge on any atom is 0.408 e. The highest BCUT2D eigenvalue weighted by Gasteiger charge is 2.61. The summed E-state index contributed by atoms with van der Waals surface area (Å²) in [4.78, 5) is 41.3. The Morgan fingerprint density at radius 3 is 2.56 bits per heavy atom. The van der Waals surface area contributed by atoms with Crippen molar-refractivity contribution in [1.29, 1.82) is 0 Å². The summed E-state index contributed by atoms with van der Waals surface area (Å²) in [6.07, 6.45) is 0.863. The maximum absolute atomic E-state index is 13.8. The first-order chi connectivity index (χ1) is 15.1. The van der Waals surface area contributed by atoms with Crippen LogP contribution in [0.2, 0.25) is 0 Å². The number of hydrogen-bond donors (Lipinski definition) is 3. The van der Waals surface area contributed by atoms with E-state index in [0.29, 0.717) is 13.0 Å². The number of likely N-dealkylation sites (tertiary alicyclic amines) is 1. The molecule has 176 valence electrons. The van der Waals surface area contributed by atoms with Crippen molar-refractivity contribution in [2.24, 2.45) is 5.41 Å². The highest BCUT2D eigenvalue weighted by Crippen LogP contribution is 2.51. The predicted octanol–water partition coefficient (Wildman–Crippen LogP) is 1.83. The summed E-state index contributed by atoms with van der Waals surface area (Å²) < 4.78 is 5.32. The smallest absolute Gasteiger partial charge is 0.408 e. The predicted molar refractivity (Wildman–Crippen MR) is 120 cm³/mol. The normalized spacial score (nSPS) is 26.8. The number of ether oxygens (including phenoxy) is 1. The van der Waals surface area contributed by atoms with Gasteiger partial charge in [0.2, 0.25) is 5.91 Å². The van der Waals surface area contributed by atoms with Crippen LogP contribution in [0.25, 0.3) is 0 Å². The highest BCUT2D eigenvalue weighted by atomic mass is 16.6. The van der Waals surface area contributed by atoms with Crippen molar-refractivity contribution in [3.63, 3.8) is 0 Å². The molecule has 3 N–H and O–H groups in total. The molecule has 3 rings (SSSR count). The first-order valence-corrected chi connectivity index (χ1v) is 11.3. The van der Waals surface area contributed by atoms with Crippen LogP contribution in [-0.2, 0) is 14.3 Å². The van der Waals surface area contributed by atoms with Crippen molar-refractivity contribution < 1.29 is 24.2 Å². The monoisotopic (exact) mass is 445 g/mol. The fourth-order valence-electron chi connectivity index (χ4n) is 5.10. The fourth-order valence-corrected chi connectivity index (χ4v) is 5.10. The Bertz CT molecular complexity index is 830. The molecule has 4 atom stereocenters. The number of carbonyl (C=O) groups excluding carboxylic acids is 3. The van der Waals surface area contributed by atoms with Gasteiger partial charge in [-0.1, -0.05) is 30.3 Å². The second kappa shape index (κ2) is 9.58. The Kier molecular flexibility index (Phi) is 7.25. The molecule has 8 heteroatoms. The van der Waals surface area contributed by atoms with Gasteiger partial charge in [0.15, 0.2) is 5.78 Å². The van der Waals surface area contributed by atoms with Gasteiger partial charge < -0.3 is 25.4 Å². The number of nitrogens with one attached hydrogen (secondary N) is 2. The van der Waals surface area contributed by atoms with E-state index >= 15 is 0 Å². The van der Waals surface area contributed by atoms with E-state index in [-0.39, 0.29) is 30.6 Å². The van der Waals surface area contributed by atoms with Gasteiger partial charge in [-0.3, -0.25) is 9.59 Å². The van der Waals surface area contributed by atoms with E-state index in [1.54, 1.807) is 27.8 Å². The molecule has 2 aliphatic heterocycles. The van der Waals surface area contributed by atoms with Crippen LogP contribution in [0.1, 0.15) is 51.5 Å². The molecular formula is C24H35N3O5. The van der Waals surface area contributed by atoms with Gasteiger partial charge in [-0.2, -0.15) is 0 Å². The number of piperidine rings is 1. The van der Waals surface area contributed by atoms with Crippen molar-refractivity contribution >= 4 is 17.8 Å². The lowest BCUT2D eigenvalue weighted by Crippen LogP contribution is -2.52. The van der Waals surface area contributed by atoms with Gasteiger partial charge in [0.25, 0.3) is 0 Å². The van der Waals surface area contributed by atoms with Gasteiger partial charge in [-0.25, -0.2) is 4.79 Å². The zero-order valence-electron chi connectivity index (χ0n) is 19.4. The Labute approximate surface area is 189 Å². The molecule has 2 aliphatic rings. The molecule has 32 heavy (non-hydrogen) atoms. The molecule has 0 radical (unpaired) electrons. The van der Waals surface area contributed by atoms with Crippen LogP contribution in [0, 0.1) is 5.41 Å². The number of amides is 2. The quantitative estimate of drug-likeness (QED) is 0.617. The third-order valence-corrected chi connectivity index (χ3v) is 6.39. The molecular weight excluding hydrogens is 410 g/mol. The van der Waals surface area contributed by atoms with Crippen molar-refractivity contribution in [3.8, 4) is 0 Å². The molecule has 2 saturated heterocycles. The lowest BCUT2D eigenvalue weighted by atomic mass is 9.66. The minimum absolute atomic E-state index is 0.0450. The van der Waals surface area contributed by atoms with E-state index in [9.17, 15) is 19.5 Å².